The molecule has 19 heavy (non-hydrogen) atoms. The Morgan fingerprint density at radius 3 is 2.21 bits per heavy atom. The summed E-state index contributed by atoms with van der Waals surface area (Å²) in [5.41, 5.74) is 4.87. The van der Waals surface area contributed by atoms with Crippen LogP contribution in [0, 0.1) is 20.8 Å². The van der Waals surface area contributed by atoms with Crippen LogP contribution in [0.3, 0.4) is 0 Å². The van der Waals surface area contributed by atoms with Crippen molar-refractivity contribution in [3.05, 3.63) is 52.8 Å². The van der Waals surface area contributed by atoms with E-state index in [4.69, 9.17) is 0 Å². The summed E-state index contributed by atoms with van der Waals surface area (Å²) >= 11 is 0. The third-order valence-corrected chi connectivity index (χ3v) is 3.66. The van der Waals surface area contributed by atoms with Crippen LogP contribution in [-0.2, 0) is 0 Å². The minimum atomic E-state index is 0.263. The van der Waals surface area contributed by atoms with E-state index in [9.17, 15) is 0 Å². The van der Waals surface area contributed by atoms with E-state index >= 15 is 0 Å². The molecule has 0 aliphatic rings. The highest BCUT2D eigenvalue weighted by atomic mass is 15.3. The van der Waals surface area contributed by atoms with Gasteiger partial charge in [-0.05, 0) is 46.4 Å². The third kappa shape index (κ3) is 2.87. The molecule has 2 unspecified atom stereocenters. The summed E-state index contributed by atoms with van der Waals surface area (Å²) in [7, 11) is 2.01. The number of rotatable bonds is 4. The van der Waals surface area contributed by atoms with Crippen molar-refractivity contribution in [2.24, 2.45) is 0 Å². The van der Waals surface area contributed by atoms with Crippen molar-refractivity contribution in [3.8, 4) is 0 Å². The molecule has 3 nitrogen and oxygen atoms in total. The molecule has 0 radical (unpaired) electrons. The van der Waals surface area contributed by atoms with Gasteiger partial charge in [-0.1, -0.05) is 29.8 Å². The number of aryl methyl sites for hydroxylation is 3. The van der Waals surface area contributed by atoms with Crippen LogP contribution in [0.4, 0.5) is 0 Å². The summed E-state index contributed by atoms with van der Waals surface area (Å²) in [4.78, 5) is 0. The van der Waals surface area contributed by atoms with Crippen molar-refractivity contribution in [2.75, 3.05) is 7.05 Å². The molecule has 1 N–H and O–H groups in total. The lowest BCUT2D eigenvalue weighted by molar-refractivity contribution is 0.365. The molecule has 0 saturated carbocycles. The molecule has 1 aromatic carbocycles. The average Bonchev–Trinajstić information content (AvgIpc) is 2.71. The number of likely N-dealkylation sites (N-methyl/N-ethyl adjacent to an activating group) is 1. The lowest BCUT2D eigenvalue weighted by Crippen LogP contribution is -2.27. The van der Waals surface area contributed by atoms with Gasteiger partial charge in [0.2, 0.25) is 0 Å². The summed E-state index contributed by atoms with van der Waals surface area (Å²) < 4.78 is 2.11. The van der Waals surface area contributed by atoms with Crippen molar-refractivity contribution in [1.82, 2.24) is 15.1 Å². The Hall–Kier alpha value is -1.61. The molecule has 0 amide bonds. The maximum absolute atomic E-state index is 4.60. The van der Waals surface area contributed by atoms with Gasteiger partial charge in [-0.2, -0.15) is 5.10 Å². The lowest BCUT2D eigenvalue weighted by Gasteiger charge is -2.25. The van der Waals surface area contributed by atoms with E-state index in [0.717, 1.165) is 5.69 Å². The van der Waals surface area contributed by atoms with Crippen molar-refractivity contribution in [3.63, 3.8) is 0 Å². The SMILES string of the molecule is CNC(c1ccc(C)cc1)C(C)n1nc(C)cc1C. The summed E-state index contributed by atoms with van der Waals surface area (Å²) in [6.07, 6.45) is 0. The maximum atomic E-state index is 4.60. The Morgan fingerprint density at radius 2 is 1.74 bits per heavy atom. The molecule has 0 saturated heterocycles. The number of nitrogens with one attached hydrogen (secondary N) is 1. The molecule has 0 aliphatic carbocycles. The minimum Gasteiger partial charge on any atom is -0.311 e. The first kappa shape index (κ1) is 13.8. The van der Waals surface area contributed by atoms with Gasteiger partial charge in [-0.15, -0.1) is 0 Å². The van der Waals surface area contributed by atoms with Crippen LogP contribution >= 0.6 is 0 Å². The van der Waals surface area contributed by atoms with Gasteiger partial charge in [0.1, 0.15) is 0 Å². The molecule has 0 aliphatic heterocycles. The number of nitrogens with zero attached hydrogens (tertiary/aromatic N) is 2. The molecule has 2 aromatic rings. The molecule has 0 bridgehead atoms. The topological polar surface area (TPSA) is 29.9 Å². The second-order valence-electron chi connectivity index (χ2n) is 5.29. The minimum absolute atomic E-state index is 0.263. The zero-order valence-corrected chi connectivity index (χ0v) is 12.4. The average molecular weight is 257 g/mol. The van der Waals surface area contributed by atoms with Crippen LogP contribution in [0.5, 0.6) is 0 Å². The van der Waals surface area contributed by atoms with Gasteiger partial charge >= 0.3 is 0 Å². The highest BCUT2D eigenvalue weighted by Crippen LogP contribution is 2.26. The second-order valence-corrected chi connectivity index (χ2v) is 5.29. The monoisotopic (exact) mass is 257 g/mol. The van der Waals surface area contributed by atoms with Gasteiger partial charge in [0, 0.05) is 5.69 Å². The predicted molar refractivity (Wildman–Crippen MR) is 79.4 cm³/mol. The standard InChI is InChI=1S/C16H23N3/c1-11-6-8-15(9-7-11)16(17-5)14(4)19-13(3)10-12(2)18-19/h6-10,14,16-17H,1-5H3. The molecular weight excluding hydrogens is 234 g/mol. The number of hydrogen-bond donors (Lipinski definition) is 1. The van der Waals surface area contributed by atoms with Gasteiger partial charge in [0.15, 0.2) is 0 Å². The highest BCUT2D eigenvalue weighted by Gasteiger charge is 2.21. The summed E-state index contributed by atoms with van der Waals surface area (Å²) in [6, 6.07) is 11.4. The fourth-order valence-corrected chi connectivity index (χ4v) is 2.66. The van der Waals surface area contributed by atoms with Crippen molar-refractivity contribution in [2.45, 2.75) is 39.8 Å². The fraction of sp³-hybridized carbons (Fsp3) is 0.438. The molecule has 2 rings (SSSR count). The van der Waals surface area contributed by atoms with E-state index in [1.54, 1.807) is 0 Å². The lowest BCUT2D eigenvalue weighted by atomic mass is 9.99. The van der Waals surface area contributed by atoms with Crippen LogP contribution in [0.15, 0.2) is 30.3 Å². The van der Waals surface area contributed by atoms with Crippen molar-refractivity contribution < 1.29 is 0 Å². The van der Waals surface area contributed by atoms with Crippen LogP contribution in [0.1, 0.15) is 41.5 Å². The van der Waals surface area contributed by atoms with E-state index < -0.39 is 0 Å². The molecule has 102 valence electrons. The van der Waals surface area contributed by atoms with Gasteiger partial charge in [-0.3, -0.25) is 4.68 Å². The summed E-state index contributed by atoms with van der Waals surface area (Å²) in [6.45, 7) is 8.47. The van der Waals surface area contributed by atoms with Gasteiger partial charge in [0.25, 0.3) is 0 Å². The number of aromatic nitrogens is 2. The summed E-state index contributed by atoms with van der Waals surface area (Å²) in [5.74, 6) is 0. The molecule has 1 heterocycles. The zero-order valence-electron chi connectivity index (χ0n) is 12.4. The first-order valence-corrected chi connectivity index (χ1v) is 6.79. The van der Waals surface area contributed by atoms with E-state index in [0.29, 0.717) is 0 Å². The molecular formula is C16H23N3. The van der Waals surface area contributed by atoms with E-state index in [1.165, 1.54) is 16.8 Å². The Morgan fingerprint density at radius 1 is 1.11 bits per heavy atom. The Bertz CT molecular complexity index is 540. The van der Waals surface area contributed by atoms with Gasteiger partial charge in [0.05, 0.1) is 17.8 Å². The zero-order chi connectivity index (χ0) is 14.0. The molecule has 2 atom stereocenters. The second kappa shape index (κ2) is 5.57. The maximum Gasteiger partial charge on any atom is 0.0688 e. The largest absolute Gasteiger partial charge is 0.311 e. The van der Waals surface area contributed by atoms with Crippen LogP contribution in [0.25, 0.3) is 0 Å². The Kier molecular flexibility index (Phi) is 4.05. The molecule has 3 heteroatoms. The quantitative estimate of drug-likeness (QED) is 0.910. The molecule has 0 fully saturated rings. The normalized spacial score (nSPS) is 14.4. The van der Waals surface area contributed by atoms with E-state index in [-0.39, 0.29) is 12.1 Å². The first-order valence-electron chi connectivity index (χ1n) is 6.79. The van der Waals surface area contributed by atoms with Crippen LogP contribution < -0.4 is 5.32 Å². The third-order valence-electron chi connectivity index (χ3n) is 3.66. The van der Waals surface area contributed by atoms with Crippen LogP contribution in [-0.4, -0.2) is 16.8 Å². The van der Waals surface area contributed by atoms with Gasteiger partial charge in [-0.25, -0.2) is 0 Å². The predicted octanol–water partition coefficient (Wildman–Crippen LogP) is 3.33. The molecule has 0 spiro atoms. The van der Waals surface area contributed by atoms with Gasteiger partial charge < -0.3 is 5.32 Å². The Labute approximate surface area is 115 Å². The first-order chi connectivity index (χ1) is 9.02. The number of benzene rings is 1. The fourth-order valence-electron chi connectivity index (χ4n) is 2.66. The highest BCUT2D eigenvalue weighted by molar-refractivity contribution is 5.25. The Balaban J connectivity index is 2.31. The molecule has 1 aromatic heterocycles. The van der Waals surface area contributed by atoms with E-state index in [2.05, 4.69) is 66.2 Å². The number of hydrogen-bond acceptors (Lipinski definition) is 2. The summed E-state index contributed by atoms with van der Waals surface area (Å²) in [5, 5.41) is 8.01. The van der Waals surface area contributed by atoms with Crippen molar-refractivity contribution >= 4 is 0 Å². The smallest absolute Gasteiger partial charge is 0.0688 e. The van der Waals surface area contributed by atoms with E-state index in [1.807, 2.05) is 14.0 Å². The van der Waals surface area contributed by atoms with Crippen LogP contribution in [0.2, 0.25) is 0 Å². The van der Waals surface area contributed by atoms with Crippen molar-refractivity contribution in [1.29, 1.82) is 0 Å².